The van der Waals surface area contributed by atoms with Gasteiger partial charge in [-0.2, -0.15) is 0 Å². The number of nitrogens with one attached hydrogen (secondary N) is 1. The Morgan fingerprint density at radius 2 is 1.96 bits per heavy atom. The molecule has 0 bridgehead atoms. The number of aryl methyl sites for hydroxylation is 2. The van der Waals surface area contributed by atoms with Crippen molar-refractivity contribution in [3.05, 3.63) is 59.9 Å². The van der Waals surface area contributed by atoms with Crippen molar-refractivity contribution in [1.29, 1.82) is 0 Å². The van der Waals surface area contributed by atoms with Crippen LogP contribution in [0.25, 0.3) is 5.69 Å². The van der Waals surface area contributed by atoms with Crippen LogP contribution in [0.4, 0.5) is 5.69 Å². The van der Waals surface area contributed by atoms with Crippen molar-refractivity contribution < 1.29 is 14.3 Å². The predicted molar refractivity (Wildman–Crippen MR) is 110 cm³/mol. The van der Waals surface area contributed by atoms with Gasteiger partial charge in [-0.15, -0.1) is 0 Å². The van der Waals surface area contributed by atoms with Crippen LogP contribution in [0.1, 0.15) is 11.1 Å². The van der Waals surface area contributed by atoms with Crippen LogP contribution >= 0.6 is 11.8 Å². The first-order chi connectivity index (χ1) is 13.6. The summed E-state index contributed by atoms with van der Waals surface area (Å²) in [4.78, 5) is 16.8. The largest absolute Gasteiger partial charge is 0.486 e. The molecule has 4 rings (SSSR count). The molecule has 0 spiro atoms. The van der Waals surface area contributed by atoms with E-state index in [1.54, 1.807) is 12.3 Å². The van der Waals surface area contributed by atoms with E-state index in [-0.39, 0.29) is 11.7 Å². The molecule has 1 N–H and O–H groups in total. The van der Waals surface area contributed by atoms with Crippen molar-refractivity contribution in [1.82, 2.24) is 9.55 Å². The fourth-order valence-electron chi connectivity index (χ4n) is 3.10. The number of anilines is 1. The fraction of sp³-hybridized carbons (Fsp3) is 0.238. The van der Waals surface area contributed by atoms with E-state index in [4.69, 9.17) is 9.47 Å². The third-order valence-corrected chi connectivity index (χ3v) is 5.34. The summed E-state index contributed by atoms with van der Waals surface area (Å²) in [5.41, 5.74) is 4.14. The highest BCUT2D eigenvalue weighted by Crippen LogP contribution is 2.32. The molecule has 6 nitrogen and oxygen atoms in total. The summed E-state index contributed by atoms with van der Waals surface area (Å²) in [6.45, 7) is 5.21. The lowest BCUT2D eigenvalue weighted by molar-refractivity contribution is -0.113. The van der Waals surface area contributed by atoms with Gasteiger partial charge in [-0.25, -0.2) is 4.98 Å². The Bertz CT molecular complexity index is 1020. The number of benzene rings is 2. The Hall–Kier alpha value is -2.93. The number of fused-ring (bicyclic) bond motifs is 1. The van der Waals surface area contributed by atoms with Gasteiger partial charge in [0.2, 0.25) is 5.91 Å². The normalized spacial score (nSPS) is 12.6. The zero-order chi connectivity index (χ0) is 19.5. The third kappa shape index (κ3) is 3.99. The van der Waals surface area contributed by atoms with E-state index in [0.717, 1.165) is 10.8 Å². The predicted octanol–water partition coefficient (Wildman–Crippen LogP) is 3.99. The molecule has 0 radical (unpaired) electrons. The summed E-state index contributed by atoms with van der Waals surface area (Å²) >= 11 is 1.40. The molecule has 7 heteroatoms. The minimum Gasteiger partial charge on any atom is -0.486 e. The van der Waals surface area contributed by atoms with Crippen molar-refractivity contribution >= 4 is 23.4 Å². The standard InChI is InChI=1S/C21H21N3O3S/c1-14-3-5-17(15(2)11-14)24-8-7-22-21(24)28-13-20(25)23-16-4-6-18-19(12-16)27-10-9-26-18/h3-8,11-12H,9-10,13H2,1-2H3,(H,23,25). The first kappa shape index (κ1) is 18.4. The van der Waals surface area contributed by atoms with Gasteiger partial charge in [0.1, 0.15) is 13.2 Å². The second kappa shape index (κ2) is 7.98. The van der Waals surface area contributed by atoms with Gasteiger partial charge in [-0.3, -0.25) is 9.36 Å². The number of amides is 1. The minimum atomic E-state index is -0.100. The molecule has 0 saturated heterocycles. The smallest absolute Gasteiger partial charge is 0.234 e. The molecule has 0 aliphatic carbocycles. The van der Waals surface area contributed by atoms with E-state index >= 15 is 0 Å². The molecular weight excluding hydrogens is 374 g/mol. The van der Waals surface area contributed by atoms with Crippen LogP contribution in [-0.4, -0.2) is 34.4 Å². The van der Waals surface area contributed by atoms with E-state index in [1.165, 1.54) is 22.9 Å². The maximum Gasteiger partial charge on any atom is 0.234 e. The summed E-state index contributed by atoms with van der Waals surface area (Å²) in [5, 5.41) is 3.68. The average Bonchev–Trinajstić information content (AvgIpc) is 3.14. The summed E-state index contributed by atoms with van der Waals surface area (Å²) in [7, 11) is 0. The van der Waals surface area contributed by atoms with Crippen LogP contribution in [0.3, 0.4) is 0 Å². The quantitative estimate of drug-likeness (QED) is 0.662. The number of nitrogens with zero attached hydrogens (tertiary/aromatic N) is 2. The molecule has 0 unspecified atom stereocenters. The van der Waals surface area contributed by atoms with Crippen LogP contribution in [-0.2, 0) is 4.79 Å². The maximum absolute atomic E-state index is 12.4. The highest BCUT2D eigenvalue weighted by atomic mass is 32.2. The highest BCUT2D eigenvalue weighted by Gasteiger charge is 2.14. The van der Waals surface area contributed by atoms with E-state index in [0.29, 0.717) is 30.4 Å². The molecule has 1 aliphatic rings. The number of ether oxygens (including phenoxy) is 2. The van der Waals surface area contributed by atoms with Crippen molar-refractivity contribution in [3.8, 4) is 17.2 Å². The number of imidazole rings is 1. The zero-order valence-corrected chi connectivity index (χ0v) is 16.6. The van der Waals surface area contributed by atoms with Crippen molar-refractivity contribution in [3.63, 3.8) is 0 Å². The molecule has 28 heavy (non-hydrogen) atoms. The molecule has 3 aromatic rings. The number of hydrogen-bond acceptors (Lipinski definition) is 5. The maximum atomic E-state index is 12.4. The molecule has 0 fully saturated rings. The Morgan fingerprint density at radius 1 is 1.14 bits per heavy atom. The fourth-order valence-corrected chi connectivity index (χ4v) is 3.87. The third-order valence-electron chi connectivity index (χ3n) is 4.38. The first-order valence-electron chi connectivity index (χ1n) is 9.03. The van der Waals surface area contributed by atoms with Gasteiger partial charge in [0.05, 0.1) is 11.4 Å². The molecule has 1 aromatic heterocycles. The number of carbonyl (C=O) groups excluding carboxylic acids is 1. The lowest BCUT2D eigenvalue weighted by Gasteiger charge is -2.19. The van der Waals surface area contributed by atoms with Gasteiger partial charge >= 0.3 is 0 Å². The lowest BCUT2D eigenvalue weighted by atomic mass is 10.1. The summed E-state index contributed by atoms with van der Waals surface area (Å²) in [6, 6.07) is 11.7. The number of hydrogen-bond donors (Lipinski definition) is 1. The first-order valence-corrected chi connectivity index (χ1v) is 10.0. The van der Waals surface area contributed by atoms with Gasteiger partial charge in [-0.05, 0) is 37.6 Å². The lowest BCUT2D eigenvalue weighted by Crippen LogP contribution is -2.17. The van der Waals surface area contributed by atoms with E-state index in [2.05, 4.69) is 42.3 Å². The van der Waals surface area contributed by atoms with Crippen LogP contribution in [0.15, 0.2) is 53.9 Å². The monoisotopic (exact) mass is 395 g/mol. The molecule has 2 heterocycles. The number of rotatable bonds is 5. The van der Waals surface area contributed by atoms with E-state index < -0.39 is 0 Å². The Kier molecular flexibility index (Phi) is 5.25. The van der Waals surface area contributed by atoms with Gasteiger partial charge in [0.15, 0.2) is 16.7 Å². The average molecular weight is 395 g/mol. The van der Waals surface area contributed by atoms with Gasteiger partial charge < -0.3 is 14.8 Å². The minimum absolute atomic E-state index is 0.100. The summed E-state index contributed by atoms with van der Waals surface area (Å²) in [5.74, 6) is 1.52. The number of aromatic nitrogens is 2. The van der Waals surface area contributed by atoms with Crippen molar-refractivity contribution in [2.24, 2.45) is 0 Å². The molecule has 144 valence electrons. The second-order valence-electron chi connectivity index (χ2n) is 6.57. The Balaban J connectivity index is 1.41. The Labute approximate surface area is 167 Å². The van der Waals surface area contributed by atoms with Crippen LogP contribution in [0.5, 0.6) is 11.5 Å². The zero-order valence-electron chi connectivity index (χ0n) is 15.8. The van der Waals surface area contributed by atoms with Crippen LogP contribution in [0.2, 0.25) is 0 Å². The molecule has 0 saturated carbocycles. The van der Waals surface area contributed by atoms with E-state index in [9.17, 15) is 4.79 Å². The number of thioether (sulfide) groups is 1. The van der Waals surface area contributed by atoms with Crippen LogP contribution < -0.4 is 14.8 Å². The van der Waals surface area contributed by atoms with Gasteiger partial charge in [0.25, 0.3) is 0 Å². The van der Waals surface area contributed by atoms with Crippen LogP contribution in [0, 0.1) is 13.8 Å². The van der Waals surface area contributed by atoms with E-state index in [1.807, 2.05) is 22.9 Å². The second-order valence-corrected chi connectivity index (χ2v) is 7.51. The van der Waals surface area contributed by atoms with Crippen molar-refractivity contribution in [2.45, 2.75) is 19.0 Å². The Morgan fingerprint density at radius 3 is 2.79 bits per heavy atom. The SMILES string of the molecule is Cc1ccc(-n2ccnc2SCC(=O)Nc2ccc3c(c2)OCCO3)c(C)c1. The molecule has 2 aromatic carbocycles. The van der Waals surface area contributed by atoms with Crippen molar-refractivity contribution in [2.75, 3.05) is 24.3 Å². The molecule has 1 amide bonds. The molecule has 0 atom stereocenters. The molecular formula is C21H21N3O3S. The van der Waals surface area contributed by atoms with Gasteiger partial charge in [0, 0.05) is 24.1 Å². The summed E-state index contributed by atoms with van der Waals surface area (Å²) in [6.07, 6.45) is 3.67. The topological polar surface area (TPSA) is 65.4 Å². The number of carbonyl (C=O) groups is 1. The van der Waals surface area contributed by atoms with Gasteiger partial charge in [-0.1, -0.05) is 29.5 Å². The highest BCUT2D eigenvalue weighted by molar-refractivity contribution is 7.99. The summed E-state index contributed by atoms with van der Waals surface area (Å²) < 4.78 is 13.1. The molecule has 1 aliphatic heterocycles.